The Balaban J connectivity index is 1.54. The Morgan fingerprint density at radius 3 is 2.19 bits per heavy atom. The van der Waals surface area contributed by atoms with Crippen LogP contribution >= 0.6 is 11.6 Å². The lowest BCUT2D eigenvalue weighted by atomic mass is 10.0. The summed E-state index contributed by atoms with van der Waals surface area (Å²) in [4.78, 5) is 25.0. The Morgan fingerprint density at radius 2 is 1.62 bits per heavy atom. The van der Waals surface area contributed by atoms with Crippen LogP contribution in [0.4, 0.5) is 0 Å². The molecule has 2 N–H and O–H groups in total. The summed E-state index contributed by atoms with van der Waals surface area (Å²) in [6.45, 7) is 0.689. The summed E-state index contributed by atoms with van der Waals surface area (Å²) in [5.74, 6) is 0.285. The molecule has 2 aromatic rings. The number of ether oxygens (including phenoxy) is 1. The monoisotopic (exact) mass is 372 g/mol. The molecule has 26 heavy (non-hydrogen) atoms. The molecular formula is C20H21ClN2O3. The van der Waals surface area contributed by atoms with Crippen molar-refractivity contribution in [3.63, 3.8) is 0 Å². The Labute approximate surface area is 157 Å². The van der Waals surface area contributed by atoms with E-state index in [1.165, 1.54) is 0 Å². The number of carbonyl (C=O) groups is 2. The molecule has 1 aliphatic carbocycles. The van der Waals surface area contributed by atoms with Crippen LogP contribution < -0.4 is 15.4 Å². The lowest BCUT2D eigenvalue weighted by Crippen LogP contribution is -2.42. The normalized spacial score (nSPS) is 14.4. The molecule has 1 fully saturated rings. The van der Waals surface area contributed by atoms with Gasteiger partial charge in [-0.2, -0.15) is 0 Å². The van der Waals surface area contributed by atoms with Crippen LogP contribution in [-0.4, -0.2) is 18.9 Å². The van der Waals surface area contributed by atoms with Crippen molar-refractivity contribution >= 4 is 23.4 Å². The second kappa shape index (κ2) is 7.79. The third-order valence-electron chi connectivity index (χ3n) is 4.63. The van der Waals surface area contributed by atoms with Crippen molar-refractivity contribution in [3.05, 3.63) is 64.7 Å². The molecule has 3 rings (SSSR count). The topological polar surface area (TPSA) is 67.4 Å². The van der Waals surface area contributed by atoms with Crippen molar-refractivity contribution in [2.75, 3.05) is 7.11 Å². The fourth-order valence-corrected chi connectivity index (χ4v) is 2.97. The number of methoxy groups -OCH3 is 1. The quantitative estimate of drug-likeness (QED) is 0.734. The molecule has 2 aromatic carbocycles. The van der Waals surface area contributed by atoms with Gasteiger partial charge in [-0.3, -0.25) is 9.59 Å². The van der Waals surface area contributed by atoms with Crippen LogP contribution in [0.1, 0.15) is 24.0 Å². The van der Waals surface area contributed by atoms with E-state index in [4.69, 9.17) is 16.3 Å². The molecule has 0 saturated heterocycles. The van der Waals surface area contributed by atoms with Gasteiger partial charge in [0.25, 0.3) is 0 Å². The number of amides is 2. The standard InChI is InChI=1S/C20H21ClN2O3/c1-26-16-8-6-14(7-9-16)12-22-18(24)20(10-11-20)19(25)23-13-15-4-2-3-5-17(15)21/h2-9H,10-13H2,1H3,(H,22,24)(H,23,25). The highest BCUT2D eigenvalue weighted by Gasteiger charge is 2.56. The first-order chi connectivity index (χ1) is 12.5. The van der Waals surface area contributed by atoms with Crippen molar-refractivity contribution in [1.82, 2.24) is 10.6 Å². The molecule has 0 atom stereocenters. The highest BCUT2D eigenvalue weighted by Crippen LogP contribution is 2.46. The van der Waals surface area contributed by atoms with Gasteiger partial charge in [-0.25, -0.2) is 0 Å². The van der Waals surface area contributed by atoms with Gasteiger partial charge in [0.1, 0.15) is 11.2 Å². The summed E-state index contributed by atoms with van der Waals surface area (Å²) < 4.78 is 5.11. The lowest BCUT2D eigenvalue weighted by molar-refractivity contribution is -0.137. The van der Waals surface area contributed by atoms with Crippen LogP contribution in [0.25, 0.3) is 0 Å². The van der Waals surface area contributed by atoms with E-state index in [1.54, 1.807) is 13.2 Å². The first kappa shape index (κ1) is 18.3. The number of rotatable bonds is 7. The lowest BCUT2D eigenvalue weighted by Gasteiger charge is -2.16. The average Bonchev–Trinajstić information content (AvgIpc) is 3.48. The van der Waals surface area contributed by atoms with Crippen molar-refractivity contribution in [2.24, 2.45) is 5.41 Å². The number of nitrogens with one attached hydrogen (secondary N) is 2. The maximum atomic E-state index is 12.5. The Kier molecular flexibility index (Phi) is 5.47. The summed E-state index contributed by atoms with van der Waals surface area (Å²) in [5.41, 5.74) is 0.830. The van der Waals surface area contributed by atoms with Gasteiger partial charge in [-0.05, 0) is 42.2 Å². The van der Waals surface area contributed by atoms with E-state index in [0.29, 0.717) is 31.0 Å². The number of hydrogen-bond acceptors (Lipinski definition) is 3. The zero-order valence-electron chi connectivity index (χ0n) is 14.5. The maximum absolute atomic E-state index is 12.5. The highest BCUT2D eigenvalue weighted by molar-refractivity contribution is 6.31. The Morgan fingerprint density at radius 1 is 1.00 bits per heavy atom. The number of benzene rings is 2. The zero-order valence-corrected chi connectivity index (χ0v) is 15.3. The first-order valence-corrected chi connectivity index (χ1v) is 8.86. The van der Waals surface area contributed by atoms with Crippen LogP contribution in [0, 0.1) is 5.41 Å². The predicted octanol–water partition coefficient (Wildman–Crippen LogP) is 3.06. The van der Waals surface area contributed by atoms with Gasteiger partial charge in [-0.1, -0.05) is 41.9 Å². The molecule has 136 valence electrons. The summed E-state index contributed by atoms with van der Waals surface area (Å²) in [6.07, 6.45) is 1.13. The van der Waals surface area contributed by atoms with E-state index in [2.05, 4.69) is 10.6 Å². The molecule has 0 aliphatic heterocycles. The van der Waals surface area contributed by atoms with Crippen molar-refractivity contribution < 1.29 is 14.3 Å². The summed E-state index contributed by atoms with van der Waals surface area (Å²) in [6, 6.07) is 14.8. The van der Waals surface area contributed by atoms with Crippen molar-refractivity contribution in [3.8, 4) is 5.75 Å². The van der Waals surface area contributed by atoms with Gasteiger partial charge in [0.15, 0.2) is 0 Å². The third-order valence-corrected chi connectivity index (χ3v) is 5.00. The summed E-state index contributed by atoms with van der Waals surface area (Å²) in [5, 5.41) is 6.30. The van der Waals surface area contributed by atoms with E-state index >= 15 is 0 Å². The summed E-state index contributed by atoms with van der Waals surface area (Å²) >= 11 is 6.10. The van der Waals surface area contributed by atoms with E-state index in [9.17, 15) is 9.59 Å². The number of carbonyl (C=O) groups excluding carboxylic acids is 2. The van der Waals surface area contributed by atoms with Gasteiger partial charge in [0.05, 0.1) is 7.11 Å². The van der Waals surface area contributed by atoms with Gasteiger partial charge in [-0.15, -0.1) is 0 Å². The van der Waals surface area contributed by atoms with E-state index in [-0.39, 0.29) is 11.8 Å². The molecular weight excluding hydrogens is 352 g/mol. The molecule has 0 radical (unpaired) electrons. The largest absolute Gasteiger partial charge is 0.497 e. The van der Waals surface area contributed by atoms with Crippen molar-refractivity contribution in [1.29, 1.82) is 0 Å². The van der Waals surface area contributed by atoms with E-state index in [0.717, 1.165) is 16.9 Å². The molecule has 0 spiro atoms. The fourth-order valence-electron chi connectivity index (χ4n) is 2.76. The fraction of sp³-hybridized carbons (Fsp3) is 0.300. The van der Waals surface area contributed by atoms with Gasteiger partial charge >= 0.3 is 0 Å². The van der Waals surface area contributed by atoms with Gasteiger partial charge in [0, 0.05) is 18.1 Å². The van der Waals surface area contributed by atoms with Crippen LogP contribution in [-0.2, 0) is 22.7 Å². The van der Waals surface area contributed by atoms with Crippen molar-refractivity contribution in [2.45, 2.75) is 25.9 Å². The molecule has 2 amide bonds. The molecule has 5 nitrogen and oxygen atoms in total. The van der Waals surface area contributed by atoms with E-state index < -0.39 is 5.41 Å². The van der Waals surface area contributed by atoms with E-state index in [1.807, 2.05) is 42.5 Å². The minimum atomic E-state index is -0.951. The van der Waals surface area contributed by atoms with Crippen LogP contribution in [0.3, 0.4) is 0 Å². The predicted molar refractivity (Wildman–Crippen MR) is 99.8 cm³/mol. The maximum Gasteiger partial charge on any atom is 0.235 e. The van der Waals surface area contributed by atoms with Gasteiger partial charge < -0.3 is 15.4 Å². The molecule has 1 aliphatic rings. The molecule has 0 bridgehead atoms. The Bertz CT molecular complexity index is 801. The average molecular weight is 373 g/mol. The Hall–Kier alpha value is -2.53. The van der Waals surface area contributed by atoms with Crippen LogP contribution in [0.2, 0.25) is 5.02 Å². The zero-order chi connectivity index (χ0) is 18.6. The smallest absolute Gasteiger partial charge is 0.235 e. The first-order valence-electron chi connectivity index (χ1n) is 8.48. The number of halogens is 1. The van der Waals surface area contributed by atoms with Crippen LogP contribution in [0.15, 0.2) is 48.5 Å². The number of hydrogen-bond donors (Lipinski definition) is 2. The molecule has 0 aromatic heterocycles. The molecule has 1 saturated carbocycles. The second-order valence-electron chi connectivity index (χ2n) is 6.39. The second-order valence-corrected chi connectivity index (χ2v) is 6.79. The molecule has 0 heterocycles. The highest BCUT2D eigenvalue weighted by atomic mass is 35.5. The van der Waals surface area contributed by atoms with Crippen LogP contribution in [0.5, 0.6) is 5.75 Å². The minimum Gasteiger partial charge on any atom is -0.497 e. The third kappa shape index (κ3) is 3.99. The SMILES string of the molecule is COc1ccc(CNC(=O)C2(C(=O)NCc3ccccc3Cl)CC2)cc1. The molecule has 0 unspecified atom stereocenters. The minimum absolute atomic E-state index is 0.232. The summed E-state index contributed by atoms with van der Waals surface area (Å²) in [7, 11) is 1.61. The molecule has 6 heteroatoms. The van der Waals surface area contributed by atoms with Gasteiger partial charge in [0.2, 0.25) is 11.8 Å².